The molecule has 26 heavy (non-hydrogen) atoms. The second-order valence-corrected chi connectivity index (χ2v) is 8.65. The van der Waals surface area contributed by atoms with Gasteiger partial charge in [0.25, 0.3) is 5.91 Å². The van der Waals surface area contributed by atoms with Crippen LogP contribution in [0.25, 0.3) is 0 Å². The molecule has 0 bridgehead atoms. The average Bonchev–Trinajstić information content (AvgIpc) is 2.56. The van der Waals surface area contributed by atoms with E-state index in [4.69, 9.17) is 70.2 Å². The fourth-order valence-corrected chi connectivity index (χ4v) is 2.80. The highest BCUT2D eigenvalue weighted by Crippen LogP contribution is 2.29. The number of anilines is 1. The molecule has 0 heterocycles. The number of benzene rings is 2. The number of hydrogen-bond acceptors (Lipinski definition) is 2. The van der Waals surface area contributed by atoms with Crippen molar-refractivity contribution in [1.82, 2.24) is 10.6 Å². The highest BCUT2D eigenvalue weighted by Gasteiger charge is 2.35. The Labute approximate surface area is 181 Å². The highest BCUT2D eigenvalue weighted by molar-refractivity contribution is 7.80. The first-order valence-corrected chi connectivity index (χ1v) is 9.42. The van der Waals surface area contributed by atoms with Crippen LogP contribution in [-0.2, 0) is 0 Å². The third-order valence-electron chi connectivity index (χ3n) is 3.10. The van der Waals surface area contributed by atoms with Gasteiger partial charge in [-0.05, 0) is 48.6 Å². The molecule has 2 aromatic rings. The van der Waals surface area contributed by atoms with Gasteiger partial charge in [-0.3, -0.25) is 4.79 Å². The summed E-state index contributed by atoms with van der Waals surface area (Å²) in [5, 5.41) is 9.22. The van der Waals surface area contributed by atoms with E-state index >= 15 is 0 Å². The molecule has 138 valence electrons. The van der Waals surface area contributed by atoms with Crippen molar-refractivity contribution >= 4 is 86.9 Å². The minimum Gasteiger partial charge on any atom is -0.339 e. The molecule has 0 aromatic heterocycles. The van der Waals surface area contributed by atoms with Gasteiger partial charge in [0.2, 0.25) is 3.79 Å². The lowest BCUT2D eigenvalue weighted by molar-refractivity contribution is 0.0934. The molecule has 3 N–H and O–H groups in total. The molecular formula is C16H12Cl5N3OS. The molecule has 0 saturated heterocycles. The van der Waals surface area contributed by atoms with Crippen LogP contribution in [0.4, 0.5) is 5.69 Å². The van der Waals surface area contributed by atoms with Gasteiger partial charge in [0.15, 0.2) is 5.11 Å². The maximum absolute atomic E-state index is 12.4. The Morgan fingerprint density at radius 2 is 1.58 bits per heavy atom. The quantitative estimate of drug-likeness (QED) is 0.317. The minimum atomic E-state index is -1.87. The predicted octanol–water partition coefficient (Wildman–Crippen LogP) is 5.41. The lowest BCUT2D eigenvalue weighted by atomic mass is 10.2. The van der Waals surface area contributed by atoms with Crippen molar-refractivity contribution in [2.45, 2.75) is 9.96 Å². The van der Waals surface area contributed by atoms with Gasteiger partial charge < -0.3 is 16.0 Å². The van der Waals surface area contributed by atoms with E-state index < -0.39 is 15.9 Å². The Kier molecular flexibility index (Phi) is 7.64. The van der Waals surface area contributed by atoms with Crippen molar-refractivity contribution in [2.75, 3.05) is 5.32 Å². The van der Waals surface area contributed by atoms with E-state index in [0.29, 0.717) is 10.7 Å². The van der Waals surface area contributed by atoms with Crippen molar-refractivity contribution in [3.05, 3.63) is 64.1 Å². The smallest absolute Gasteiger partial charge is 0.254 e. The molecule has 0 fully saturated rings. The third kappa shape index (κ3) is 6.34. The van der Waals surface area contributed by atoms with Crippen LogP contribution >= 0.6 is 70.2 Å². The number of halogens is 5. The van der Waals surface area contributed by atoms with Gasteiger partial charge in [-0.15, -0.1) is 0 Å². The van der Waals surface area contributed by atoms with Crippen LogP contribution in [0, 0.1) is 0 Å². The minimum absolute atomic E-state index is 0.142. The van der Waals surface area contributed by atoms with E-state index in [1.807, 2.05) is 0 Å². The fourth-order valence-electron chi connectivity index (χ4n) is 1.89. The number of amides is 1. The summed E-state index contributed by atoms with van der Waals surface area (Å²) in [6.45, 7) is 0. The van der Waals surface area contributed by atoms with Gasteiger partial charge in [0.05, 0.1) is 10.6 Å². The van der Waals surface area contributed by atoms with E-state index in [-0.39, 0.29) is 15.7 Å². The van der Waals surface area contributed by atoms with Crippen LogP contribution in [0.1, 0.15) is 10.4 Å². The van der Waals surface area contributed by atoms with Crippen LogP contribution < -0.4 is 16.0 Å². The number of thiocarbonyl (C=S) groups is 1. The molecule has 0 unspecified atom stereocenters. The number of nitrogens with one attached hydrogen (secondary N) is 3. The van der Waals surface area contributed by atoms with Gasteiger partial charge in [-0.25, -0.2) is 0 Å². The highest BCUT2D eigenvalue weighted by atomic mass is 35.6. The van der Waals surface area contributed by atoms with E-state index in [0.717, 1.165) is 0 Å². The van der Waals surface area contributed by atoms with Crippen molar-refractivity contribution in [3.8, 4) is 0 Å². The number of carbonyl (C=O) groups excluding carboxylic acids is 1. The molecule has 4 nitrogen and oxygen atoms in total. The second-order valence-electron chi connectivity index (χ2n) is 5.03. The Bertz CT molecular complexity index is 795. The Balaban J connectivity index is 2.07. The summed E-state index contributed by atoms with van der Waals surface area (Å²) in [7, 11) is 0. The second kappa shape index (κ2) is 9.31. The van der Waals surface area contributed by atoms with Gasteiger partial charge >= 0.3 is 0 Å². The standard InChI is InChI=1S/C16H12Cl5N3OS/c17-9-5-7-10(8-6-9)22-15(26)24-14(16(19,20)21)23-13(25)11-3-1-2-4-12(11)18/h1-8,14H,(H,23,25)(H2,22,24,26)/t14-/m1/s1. The van der Waals surface area contributed by atoms with Crippen molar-refractivity contribution in [3.63, 3.8) is 0 Å². The lowest BCUT2D eigenvalue weighted by Crippen LogP contribution is -2.56. The summed E-state index contributed by atoms with van der Waals surface area (Å²) in [6, 6.07) is 13.3. The molecule has 0 radical (unpaired) electrons. The van der Waals surface area contributed by atoms with E-state index in [9.17, 15) is 4.79 Å². The summed E-state index contributed by atoms with van der Waals surface area (Å²) in [5.41, 5.74) is 0.916. The third-order valence-corrected chi connectivity index (χ3v) is 4.55. The number of hydrogen-bond donors (Lipinski definition) is 3. The van der Waals surface area contributed by atoms with E-state index in [2.05, 4.69) is 16.0 Å². The molecule has 0 aliphatic rings. The fraction of sp³-hybridized carbons (Fsp3) is 0.125. The summed E-state index contributed by atoms with van der Waals surface area (Å²) < 4.78 is -1.87. The average molecular weight is 472 g/mol. The van der Waals surface area contributed by atoms with Crippen molar-refractivity contribution in [2.24, 2.45) is 0 Å². The maximum Gasteiger partial charge on any atom is 0.254 e. The van der Waals surface area contributed by atoms with Gasteiger partial charge in [0, 0.05) is 10.7 Å². The molecule has 0 aliphatic heterocycles. The molecule has 2 rings (SSSR count). The molecule has 0 aliphatic carbocycles. The Morgan fingerprint density at radius 1 is 0.962 bits per heavy atom. The SMILES string of the molecule is O=C(N[C@H](NC(=S)Nc1ccc(Cl)cc1)C(Cl)(Cl)Cl)c1ccccc1Cl. The first-order chi connectivity index (χ1) is 12.2. The summed E-state index contributed by atoms with van der Waals surface area (Å²) in [6.07, 6.45) is -1.11. The summed E-state index contributed by atoms with van der Waals surface area (Å²) in [4.78, 5) is 12.4. The molecule has 1 amide bonds. The molecular weight excluding hydrogens is 460 g/mol. The van der Waals surface area contributed by atoms with Gasteiger partial charge in [0.1, 0.15) is 6.17 Å². The zero-order valence-corrected chi connectivity index (χ0v) is 17.5. The molecule has 2 aromatic carbocycles. The zero-order valence-electron chi connectivity index (χ0n) is 12.9. The normalized spacial score (nSPS) is 12.2. The summed E-state index contributed by atoms with van der Waals surface area (Å²) in [5.74, 6) is -0.520. The lowest BCUT2D eigenvalue weighted by Gasteiger charge is -2.28. The van der Waals surface area contributed by atoms with Crippen LogP contribution in [0.5, 0.6) is 0 Å². The molecule has 0 spiro atoms. The maximum atomic E-state index is 12.4. The van der Waals surface area contributed by atoms with Crippen molar-refractivity contribution in [1.29, 1.82) is 0 Å². The Morgan fingerprint density at radius 3 is 2.15 bits per heavy atom. The first-order valence-electron chi connectivity index (χ1n) is 7.12. The molecule has 10 heteroatoms. The first kappa shape index (κ1) is 21.4. The largest absolute Gasteiger partial charge is 0.339 e. The number of carbonyl (C=O) groups is 1. The van der Waals surface area contributed by atoms with Crippen LogP contribution in [-0.4, -0.2) is 21.0 Å². The van der Waals surface area contributed by atoms with E-state index in [1.165, 1.54) is 0 Å². The zero-order chi connectivity index (χ0) is 19.3. The van der Waals surface area contributed by atoms with Crippen molar-refractivity contribution < 1.29 is 4.79 Å². The van der Waals surface area contributed by atoms with Gasteiger partial charge in [-0.2, -0.15) is 0 Å². The Hall–Kier alpha value is -0.950. The van der Waals surface area contributed by atoms with E-state index in [1.54, 1.807) is 48.5 Å². The predicted molar refractivity (Wildman–Crippen MR) is 114 cm³/mol. The monoisotopic (exact) mass is 469 g/mol. The molecule has 1 atom stereocenters. The van der Waals surface area contributed by atoms with Crippen LogP contribution in [0.2, 0.25) is 10.0 Å². The van der Waals surface area contributed by atoms with Crippen LogP contribution in [0.15, 0.2) is 48.5 Å². The number of rotatable bonds is 4. The summed E-state index contributed by atoms with van der Waals surface area (Å²) >= 11 is 34.9. The van der Waals surface area contributed by atoms with Gasteiger partial charge in [-0.1, -0.05) is 70.1 Å². The molecule has 0 saturated carbocycles. The number of alkyl halides is 3. The van der Waals surface area contributed by atoms with Crippen LogP contribution in [0.3, 0.4) is 0 Å². The topological polar surface area (TPSA) is 53.2 Å².